The highest BCUT2D eigenvalue weighted by Crippen LogP contribution is 2.24. The summed E-state index contributed by atoms with van der Waals surface area (Å²) in [6, 6.07) is 14.0. The zero-order valence-corrected chi connectivity index (χ0v) is 15.0. The Hall–Kier alpha value is -2.38. The third kappa shape index (κ3) is 3.83. The summed E-state index contributed by atoms with van der Waals surface area (Å²) in [6.45, 7) is 5.44. The fourth-order valence-electron chi connectivity index (χ4n) is 2.48. The van der Waals surface area contributed by atoms with Crippen LogP contribution in [0.1, 0.15) is 13.8 Å². The molecule has 0 aliphatic carbocycles. The number of aromatic nitrogens is 2. The van der Waals surface area contributed by atoms with E-state index in [9.17, 15) is 8.42 Å². The molecule has 6 nitrogen and oxygen atoms in total. The van der Waals surface area contributed by atoms with Gasteiger partial charge in [-0.2, -0.15) is 17.6 Å². The molecule has 0 fully saturated rings. The summed E-state index contributed by atoms with van der Waals surface area (Å²) in [5, 5.41) is 8.06. The Morgan fingerprint density at radius 2 is 1.92 bits per heavy atom. The molecule has 0 radical (unpaired) electrons. The summed E-state index contributed by atoms with van der Waals surface area (Å²) in [4.78, 5) is 0.208. The van der Waals surface area contributed by atoms with Gasteiger partial charge in [0.25, 0.3) is 10.0 Å². The number of hydrogen-bond donors (Lipinski definition) is 1. The monoisotopic (exact) mass is 359 g/mol. The number of fused-ring (bicyclic) bond motifs is 1. The second-order valence-corrected chi connectivity index (χ2v) is 7.75. The number of benzene rings is 2. The molecular weight excluding hydrogens is 338 g/mol. The van der Waals surface area contributed by atoms with Crippen molar-refractivity contribution in [2.75, 3.05) is 13.2 Å². The minimum Gasteiger partial charge on any atom is -0.492 e. The standard InChI is InChI=1S/C18H21N3O3S/c1-14(2)19-10-11-24-16-8-9-18-15(12-16)13-20-21(18)25(22,23)17-6-4-3-5-7-17/h3-9,12-14,19H,10-11H2,1-2H3. The normalized spacial score (nSPS) is 12.0. The molecule has 2 aromatic carbocycles. The van der Waals surface area contributed by atoms with Crippen LogP contribution in [-0.4, -0.2) is 36.8 Å². The van der Waals surface area contributed by atoms with E-state index >= 15 is 0 Å². The SMILES string of the molecule is CC(C)NCCOc1ccc2c(cnn2S(=O)(=O)c2ccccc2)c1. The van der Waals surface area contributed by atoms with Crippen LogP contribution in [0.5, 0.6) is 5.75 Å². The van der Waals surface area contributed by atoms with Crippen molar-refractivity contribution >= 4 is 20.9 Å². The maximum Gasteiger partial charge on any atom is 0.283 e. The average molecular weight is 359 g/mol. The number of hydrogen-bond acceptors (Lipinski definition) is 5. The molecule has 0 atom stereocenters. The molecule has 0 aliphatic rings. The molecular formula is C18H21N3O3S. The zero-order chi connectivity index (χ0) is 17.9. The largest absolute Gasteiger partial charge is 0.492 e. The first kappa shape index (κ1) is 17.4. The van der Waals surface area contributed by atoms with Gasteiger partial charge in [0.2, 0.25) is 0 Å². The van der Waals surface area contributed by atoms with E-state index in [0.717, 1.165) is 10.6 Å². The Morgan fingerprint density at radius 3 is 2.64 bits per heavy atom. The molecule has 0 aliphatic heterocycles. The zero-order valence-electron chi connectivity index (χ0n) is 14.2. The molecule has 0 unspecified atom stereocenters. The van der Waals surface area contributed by atoms with Crippen molar-refractivity contribution in [1.29, 1.82) is 0 Å². The fraction of sp³-hybridized carbons (Fsp3) is 0.278. The summed E-state index contributed by atoms with van der Waals surface area (Å²) in [7, 11) is -3.71. The lowest BCUT2D eigenvalue weighted by atomic mass is 10.2. The van der Waals surface area contributed by atoms with Gasteiger partial charge in [0.05, 0.1) is 16.6 Å². The minimum atomic E-state index is -3.71. The van der Waals surface area contributed by atoms with E-state index in [1.807, 2.05) is 0 Å². The summed E-state index contributed by atoms with van der Waals surface area (Å²) in [5.74, 6) is 0.690. The smallest absolute Gasteiger partial charge is 0.283 e. The average Bonchev–Trinajstić information content (AvgIpc) is 3.03. The third-order valence-corrected chi connectivity index (χ3v) is 5.31. The quantitative estimate of drug-likeness (QED) is 0.657. The molecule has 132 valence electrons. The van der Waals surface area contributed by atoms with Crippen LogP contribution in [0, 0.1) is 0 Å². The van der Waals surface area contributed by atoms with Gasteiger partial charge in [-0.3, -0.25) is 0 Å². The predicted molar refractivity (Wildman–Crippen MR) is 97.4 cm³/mol. The molecule has 0 amide bonds. The maximum atomic E-state index is 12.7. The molecule has 7 heteroatoms. The molecule has 0 bridgehead atoms. The number of ether oxygens (including phenoxy) is 1. The lowest BCUT2D eigenvalue weighted by Gasteiger charge is -2.10. The Bertz CT molecular complexity index is 950. The van der Waals surface area contributed by atoms with Gasteiger partial charge < -0.3 is 10.1 Å². The van der Waals surface area contributed by atoms with E-state index in [2.05, 4.69) is 24.3 Å². The van der Waals surface area contributed by atoms with Crippen LogP contribution in [0.3, 0.4) is 0 Å². The Morgan fingerprint density at radius 1 is 1.16 bits per heavy atom. The van der Waals surface area contributed by atoms with Crippen molar-refractivity contribution in [3.8, 4) is 5.75 Å². The van der Waals surface area contributed by atoms with Gasteiger partial charge in [0, 0.05) is 18.0 Å². The van der Waals surface area contributed by atoms with E-state index in [1.165, 1.54) is 6.20 Å². The highest BCUT2D eigenvalue weighted by Gasteiger charge is 2.20. The number of nitrogens with zero attached hydrogens (tertiary/aromatic N) is 2. The molecule has 1 N–H and O–H groups in total. The Balaban J connectivity index is 1.83. The van der Waals surface area contributed by atoms with Gasteiger partial charge in [-0.05, 0) is 30.3 Å². The van der Waals surface area contributed by atoms with Gasteiger partial charge in [-0.1, -0.05) is 32.0 Å². The second kappa shape index (κ2) is 7.25. The molecule has 0 saturated heterocycles. The van der Waals surface area contributed by atoms with Crippen molar-refractivity contribution in [1.82, 2.24) is 14.5 Å². The van der Waals surface area contributed by atoms with E-state index in [0.29, 0.717) is 29.3 Å². The van der Waals surface area contributed by atoms with Crippen LogP contribution < -0.4 is 10.1 Å². The maximum absolute atomic E-state index is 12.7. The van der Waals surface area contributed by atoms with Crippen molar-refractivity contribution in [2.24, 2.45) is 0 Å². The van der Waals surface area contributed by atoms with Crippen LogP contribution in [-0.2, 0) is 10.0 Å². The summed E-state index contributed by atoms with van der Waals surface area (Å²) < 4.78 is 32.2. The summed E-state index contributed by atoms with van der Waals surface area (Å²) >= 11 is 0. The first-order valence-electron chi connectivity index (χ1n) is 8.13. The third-order valence-electron chi connectivity index (χ3n) is 3.70. The molecule has 1 heterocycles. The van der Waals surface area contributed by atoms with Crippen LogP contribution >= 0.6 is 0 Å². The molecule has 3 aromatic rings. The first-order chi connectivity index (χ1) is 12.0. The van der Waals surface area contributed by atoms with E-state index in [-0.39, 0.29) is 4.90 Å². The van der Waals surface area contributed by atoms with Gasteiger partial charge in [0.15, 0.2) is 0 Å². The van der Waals surface area contributed by atoms with E-state index in [4.69, 9.17) is 4.74 Å². The molecule has 0 saturated carbocycles. The molecule has 25 heavy (non-hydrogen) atoms. The second-order valence-electron chi connectivity index (χ2n) is 5.98. The topological polar surface area (TPSA) is 73.2 Å². The van der Waals surface area contributed by atoms with Gasteiger partial charge in [-0.15, -0.1) is 0 Å². The first-order valence-corrected chi connectivity index (χ1v) is 9.57. The van der Waals surface area contributed by atoms with Crippen molar-refractivity contribution in [3.05, 3.63) is 54.7 Å². The van der Waals surface area contributed by atoms with Gasteiger partial charge in [0.1, 0.15) is 12.4 Å². The number of nitrogens with one attached hydrogen (secondary N) is 1. The lowest BCUT2D eigenvalue weighted by molar-refractivity contribution is 0.309. The Labute approximate surface area is 147 Å². The molecule has 1 aromatic heterocycles. The van der Waals surface area contributed by atoms with Crippen molar-refractivity contribution in [3.63, 3.8) is 0 Å². The van der Waals surface area contributed by atoms with E-state index < -0.39 is 10.0 Å². The van der Waals surface area contributed by atoms with Gasteiger partial charge in [-0.25, -0.2) is 0 Å². The predicted octanol–water partition coefficient (Wildman–Crippen LogP) is 2.65. The minimum absolute atomic E-state index is 0.208. The molecule has 0 spiro atoms. The lowest BCUT2D eigenvalue weighted by Crippen LogP contribution is -2.27. The van der Waals surface area contributed by atoms with Crippen LogP contribution in [0.25, 0.3) is 10.9 Å². The fourth-order valence-corrected chi connectivity index (χ4v) is 3.77. The highest BCUT2D eigenvalue weighted by molar-refractivity contribution is 7.90. The van der Waals surface area contributed by atoms with Gasteiger partial charge >= 0.3 is 0 Å². The van der Waals surface area contributed by atoms with Crippen molar-refractivity contribution in [2.45, 2.75) is 24.8 Å². The van der Waals surface area contributed by atoms with Crippen LogP contribution in [0.15, 0.2) is 59.6 Å². The van der Waals surface area contributed by atoms with Crippen LogP contribution in [0.2, 0.25) is 0 Å². The summed E-state index contributed by atoms with van der Waals surface area (Å²) in [5.41, 5.74) is 0.525. The molecule has 3 rings (SSSR count). The highest BCUT2D eigenvalue weighted by atomic mass is 32.2. The Kier molecular flexibility index (Phi) is 5.06. The van der Waals surface area contributed by atoms with E-state index in [1.54, 1.807) is 48.5 Å². The van der Waals surface area contributed by atoms with Crippen LogP contribution in [0.4, 0.5) is 0 Å². The summed E-state index contributed by atoms with van der Waals surface area (Å²) in [6.07, 6.45) is 1.54. The van der Waals surface area contributed by atoms with Crippen molar-refractivity contribution < 1.29 is 13.2 Å². The number of rotatable bonds is 7.